The first-order chi connectivity index (χ1) is 11.3. The zero-order valence-electron chi connectivity index (χ0n) is 12.1. The summed E-state index contributed by atoms with van der Waals surface area (Å²) in [6.45, 7) is 0. The third kappa shape index (κ3) is 2.02. The van der Waals surface area contributed by atoms with Gasteiger partial charge in [-0.1, -0.05) is 40.2 Å². The van der Waals surface area contributed by atoms with E-state index in [4.69, 9.17) is 9.41 Å². The third-order valence-electron chi connectivity index (χ3n) is 4.18. The fourth-order valence-electron chi connectivity index (χ4n) is 3.06. The van der Waals surface area contributed by atoms with Gasteiger partial charge in [-0.15, -0.1) is 0 Å². The molecule has 0 atom stereocenters. The molecule has 0 amide bonds. The second kappa shape index (κ2) is 4.77. The molecule has 1 aromatic heterocycles. The number of benzene rings is 2. The number of oxazole rings is 1. The molecule has 3 nitrogen and oxygen atoms in total. The number of hydrogen-bond donors (Lipinski definition) is 0. The molecule has 0 spiro atoms. The SMILES string of the molecule is BrC1=CCC2=c3cc4oc(-c5ccccc5)nc4cc3=NC2=C1. The lowest BCUT2D eigenvalue weighted by atomic mass is 10.0. The quantitative estimate of drug-likeness (QED) is 0.659. The highest BCUT2D eigenvalue weighted by Gasteiger charge is 2.18. The smallest absolute Gasteiger partial charge is 0.227 e. The Bertz CT molecular complexity index is 1140. The molecule has 0 saturated heterocycles. The lowest BCUT2D eigenvalue weighted by Gasteiger charge is -2.06. The minimum Gasteiger partial charge on any atom is -0.436 e. The predicted molar refractivity (Wildman–Crippen MR) is 93.3 cm³/mol. The highest BCUT2D eigenvalue weighted by Crippen LogP contribution is 2.29. The number of halogens is 1. The highest BCUT2D eigenvalue weighted by atomic mass is 79.9. The zero-order valence-corrected chi connectivity index (χ0v) is 13.7. The molecular weight excluding hydrogens is 352 g/mol. The van der Waals surface area contributed by atoms with Crippen LogP contribution in [-0.2, 0) is 0 Å². The molecule has 1 aliphatic heterocycles. The topological polar surface area (TPSA) is 38.4 Å². The van der Waals surface area contributed by atoms with E-state index in [1.165, 1.54) is 5.57 Å². The molecular formula is C19H11BrN2O. The molecule has 5 rings (SSSR count). The minimum atomic E-state index is 0.649. The molecule has 2 aliphatic rings. The molecule has 0 fully saturated rings. The van der Waals surface area contributed by atoms with Gasteiger partial charge in [-0.2, -0.15) is 0 Å². The fraction of sp³-hybridized carbons (Fsp3) is 0.0526. The van der Waals surface area contributed by atoms with Gasteiger partial charge in [0.05, 0.1) is 11.1 Å². The molecule has 110 valence electrons. The average molecular weight is 363 g/mol. The Labute approximate surface area is 140 Å². The standard InChI is InChI=1S/C19H11BrN2O/c20-12-6-7-13-14-9-18-17(10-16(14)21-15(13)8-12)22-19(23-18)11-4-2-1-3-5-11/h1-6,8-10H,7H2. The summed E-state index contributed by atoms with van der Waals surface area (Å²) in [5.74, 6) is 0.649. The number of fused-ring (bicyclic) bond motifs is 3. The van der Waals surface area contributed by atoms with E-state index < -0.39 is 0 Å². The van der Waals surface area contributed by atoms with Gasteiger partial charge < -0.3 is 4.42 Å². The molecule has 0 N–H and O–H groups in total. The van der Waals surface area contributed by atoms with Gasteiger partial charge in [0.15, 0.2) is 5.58 Å². The van der Waals surface area contributed by atoms with Crippen molar-refractivity contribution in [1.29, 1.82) is 0 Å². The van der Waals surface area contributed by atoms with Crippen LogP contribution in [0.5, 0.6) is 0 Å². The largest absolute Gasteiger partial charge is 0.436 e. The van der Waals surface area contributed by atoms with Crippen molar-refractivity contribution in [2.75, 3.05) is 0 Å². The van der Waals surface area contributed by atoms with Crippen molar-refractivity contribution in [2.45, 2.75) is 6.42 Å². The molecule has 3 aromatic rings. The molecule has 0 bridgehead atoms. The van der Waals surface area contributed by atoms with Gasteiger partial charge >= 0.3 is 0 Å². The van der Waals surface area contributed by atoms with Crippen LogP contribution in [0.15, 0.2) is 74.2 Å². The second-order valence-corrected chi connectivity index (χ2v) is 6.55. The van der Waals surface area contributed by atoms with Gasteiger partial charge in [-0.25, -0.2) is 9.98 Å². The normalized spacial score (nSPS) is 15.8. The Morgan fingerprint density at radius 1 is 1.09 bits per heavy atom. The lowest BCUT2D eigenvalue weighted by Crippen LogP contribution is -2.22. The summed E-state index contributed by atoms with van der Waals surface area (Å²) in [6.07, 6.45) is 5.10. The van der Waals surface area contributed by atoms with Gasteiger partial charge in [0.1, 0.15) is 5.52 Å². The van der Waals surface area contributed by atoms with Gasteiger partial charge in [-0.05, 0) is 42.3 Å². The van der Waals surface area contributed by atoms with Crippen molar-refractivity contribution in [3.8, 4) is 11.5 Å². The zero-order chi connectivity index (χ0) is 15.4. The van der Waals surface area contributed by atoms with Crippen LogP contribution in [0.25, 0.3) is 28.1 Å². The van der Waals surface area contributed by atoms with Crippen LogP contribution in [0, 0.1) is 0 Å². The first kappa shape index (κ1) is 13.0. The molecule has 2 heterocycles. The molecule has 23 heavy (non-hydrogen) atoms. The number of aromatic nitrogens is 1. The van der Waals surface area contributed by atoms with E-state index >= 15 is 0 Å². The van der Waals surface area contributed by atoms with E-state index in [-0.39, 0.29) is 0 Å². The van der Waals surface area contributed by atoms with Gasteiger partial charge in [-0.3, -0.25) is 0 Å². The molecule has 0 saturated carbocycles. The van der Waals surface area contributed by atoms with Crippen molar-refractivity contribution in [1.82, 2.24) is 4.98 Å². The van der Waals surface area contributed by atoms with Crippen molar-refractivity contribution in [3.63, 3.8) is 0 Å². The van der Waals surface area contributed by atoms with Crippen LogP contribution in [-0.4, -0.2) is 4.98 Å². The summed E-state index contributed by atoms with van der Waals surface area (Å²) in [5, 5.41) is 2.12. The first-order valence-corrected chi connectivity index (χ1v) is 8.23. The average Bonchev–Trinajstić information content (AvgIpc) is 3.13. The first-order valence-electron chi connectivity index (χ1n) is 7.43. The van der Waals surface area contributed by atoms with Crippen LogP contribution in [0.4, 0.5) is 0 Å². The monoisotopic (exact) mass is 362 g/mol. The summed E-state index contributed by atoms with van der Waals surface area (Å²) in [5.41, 5.74) is 4.92. The van der Waals surface area contributed by atoms with Crippen molar-refractivity contribution in [2.24, 2.45) is 4.99 Å². The summed E-state index contributed by atoms with van der Waals surface area (Å²) in [6, 6.07) is 14.0. The van der Waals surface area contributed by atoms with E-state index in [1.54, 1.807) is 0 Å². The van der Waals surface area contributed by atoms with Crippen molar-refractivity contribution in [3.05, 3.63) is 75.4 Å². The maximum Gasteiger partial charge on any atom is 0.227 e. The number of rotatable bonds is 1. The number of hydrogen-bond acceptors (Lipinski definition) is 3. The Morgan fingerprint density at radius 3 is 2.83 bits per heavy atom. The highest BCUT2D eigenvalue weighted by molar-refractivity contribution is 9.11. The van der Waals surface area contributed by atoms with Crippen LogP contribution in [0.3, 0.4) is 0 Å². The fourth-order valence-corrected chi connectivity index (χ4v) is 3.44. The van der Waals surface area contributed by atoms with E-state index in [9.17, 15) is 0 Å². The van der Waals surface area contributed by atoms with Crippen molar-refractivity contribution < 1.29 is 4.42 Å². The molecule has 4 heteroatoms. The summed E-state index contributed by atoms with van der Waals surface area (Å²) in [7, 11) is 0. The number of nitrogens with zero attached hydrogens (tertiary/aromatic N) is 2. The van der Waals surface area contributed by atoms with Crippen LogP contribution in [0.2, 0.25) is 0 Å². The van der Waals surface area contributed by atoms with Crippen LogP contribution in [0.1, 0.15) is 6.42 Å². The van der Waals surface area contributed by atoms with E-state index in [0.717, 1.165) is 43.8 Å². The Morgan fingerprint density at radius 2 is 1.96 bits per heavy atom. The Balaban J connectivity index is 1.74. The molecule has 0 unspecified atom stereocenters. The van der Waals surface area contributed by atoms with E-state index in [2.05, 4.69) is 39.1 Å². The Kier molecular flexibility index (Phi) is 2.70. The van der Waals surface area contributed by atoms with Gasteiger partial charge in [0.2, 0.25) is 5.89 Å². The van der Waals surface area contributed by atoms with Crippen molar-refractivity contribution >= 4 is 32.6 Å². The Hall–Kier alpha value is -2.46. The van der Waals surface area contributed by atoms with Crippen LogP contribution >= 0.6 is 15.9 Å². The molecule has 0 radical (unpaired) electrons. The minimum absolute atomic E-state index is 0.649. The second-order valence-electron chi connectivity index (χ2n) is 5.64. The number of allylic oxidation sites excluding steroid dienone is 4. The van der Waals surface area contributed by atoms with Crippen LogP contribution < -0.4 is 10.6 Å². The van der Waals surface area contributed by atoms with E-state index in [1.807, 2.05) is 36.4 Å². The van der Waals surface area contributed by atoms with E-state index in [0.29, 0.717) is 5.89 Å². The summed E-state index contributed by atoms with van der Waals surface area (Å²) in [4.78, 5) is 9.34. The summed E-state index contributed by atoms with van der Waals surface area (Å²) < 4.78 is 7.05. The van der Waals surface area contributed by atoms with Gasteiger partial charge in [0, 0.05) is 15.3 Å². The maximum absolute atomic E-state index is 5.97. The lowest BCUT2D eigenvalue weighted by molar-refractivity contribution is 0.619. The van der Waals surface area contributed by atoms with Gasteiger partial charge in [0.25, 0.3) is 0 Å². The third-order valence-corrected chi connectivity index (χ3v) is 4.73. The predicted octanol–water partition coefficient (Wildman–Crippen LogP) is 3.85. The summed E-state index contributed by atoms with van der Waals surface area (Å²) >= 11 is 3.52. The molecule has 2 aromatic carbocycles. The maximum atomic E-state index is 5.97. The molecule has 1 aliphatic carbocycles.